The fourth-order valence-corrected chi connectivity index (χ4v) is 11.7. The average molecular weight is 1310 g/mol. The molecule has 0 saturated carbocycles. The van der Waals surface area contributed by atoms with Crippen LogP contribution in [0, 0.1) is 35.5 Å². The van der Waals surface area contributed by atoms with Crippen molar-refractivity contribution in [1.29, 1.82) is 0 Å². The van der Waals surface area contributed by atoms with Crippen LogP contribution in [0.2, 0.25) is 0 Å². The summed E-state index contributed by atoms with van der Waals surface area (Å²) in [7, 11) is 0. The van der Waals surface area contributed by atoms with E-state index in [0.717, 1.165) is 25.7 Å². The van der Waals surface area contributed by atoms with Crippen LogP contribution in [0.1, 0.15) is 245 Å². The number of hydrogen-bond acceptors (Lipinski definition) is 13. The normalized spacial score (nSPS) is 14.4. The van der Waals surface area contributed by atoms with E-state index >= 15 is 0 Å². The Hall–Kier alpha value is -4.89. The molecule has 0 saturated heterocycles. The van der Waals surface area contributed by atoms with Crippen molar-refractivity contribution in [2.75, 3.05) is 0 Å². The predicted octanol–water partition coefficient (Wildman–Crippen LogP) is 25.8. The highest BCUT2D eigenvalue weighted by atomic mass is 32.1. The fourth-order valence-electron chi connectivity index (χ4n) is 7.26. The SMILES string of the molecule is CC(C)C1=CCC=C1.CC(C)C1=CN=CC1.CC(C)C1=CN=CC1.CC(C)C1=NC=CC1.CC(C)C1C=CN=C1.CC(C)c1cccs1.CC(C)c1ccsc1.CC(C)c1ccsc1.CC(C)c1cncs1.CC(C)c1cscn1.CC(C)c1nccs1. The molecule has 0 spiro atoms. The van der Waals surface area contributed by atoms with Gasteiger partial charge < -0.3 is 0 Å². The van der Waals surface area contributed by atoms with Crippen LogP contribution in [0.5, 0.6) is 0 Å². The van der Waals surface area contributed by atoms with Crippen molar-refractivity contribution >= 4 is 92.4 Å². The number of nitrogens with zero attached hydrogens (tertiary/aromatic N) is 7. The van der Waals surface area contributed by atoms with Gasteiger partial charge in [-0.1, -0.05) is 189 Å². The van der Waals surface area contributed by atoms with E-state index in [0.29, 0.717) is 71.0 Å². The summed E-state index contributed by atoms with van der Waals surface area (Å²) in [5.74, 6) is 7.91. The number of hydrogen-bond donors (Lipinski definition) is 0. The smallest absolute Gasteiger partial charge is 0.0950 e. The summed E-state index contributed by atoms with van der Waals surface area (Å²) in [6, 6.07) is 8.62. The van der Waals surface area contributed by atoms with E-state index in [1.165, 1.54) is 54.0 Å². The van der Waals surface area contributed by atoms with Gasteiger partial charge in [-0.05, 0) is 139 Å². The van der Waals surface area contributed by atoms with Crippen LogP contribution in [0.25, 0.3) is 0 Å². The van der Waals surface area contributed by atoms with Gasteiger partial charge in [0.05, 0.1) is 21.7 Å². The molecule has 5 aliphatic rings. The van der Waals surface area contributed by atoms with Gasteiger partial charge in [-0.25, -0.2) is 9.97 Å². The number of thiophene rings is 3. The van der Waals surface area contributed by atoms with Crippen LogP contribution in [0.15, 0.2) is 177 Å². The van der Waals surface area contributed by atoms with Crippen LogP contribution < -0.4 is 0 Å². The summed E-state index contributed by atoms with van der Waals surface area (Å²) < 4.78 is 0. The van der Waals surface area contributed by atoms with E-state index in [9.17, 15) is 0 Å². The largest absolute Gasteiger partial charge is 0.269 e. The second-order valence-electron chi connectivity index (χ2n) is 24.9. The third-order valence-corrected chi connectivity index (χ3v) is 18.9. The van der Waals surface area contributed by atoms with Gasteiger partial charge in [-0.15, -0.1) is 45.3 Å². The molecule has 1 aliphatic carbocycles. The van der Waals surface area contributed by atoms with E-state index in [-0.39, 0.29) is 0 Å². The van der Waals surface area contributed by atoms with Gasteiger partial charge in [0.1, 0.15) is 0 Å². The Kier molecular flexibility index (Phi) is 45.1. The molecule has 0 bridgehead atoms. The maximum atomic E-state index is 4.17. The van der Waals surface area contributed by atoms with E-state index in [1.807, 2.05) is 83.6 Å². The monoisotopic (exact) mass is 1300 g/mol. The summed E-state index contributed by atoms with van der Waals surface area (Å²) in [6.45, 7) is 48.2. The zero-order valence-corrected chi connectivity index (χ0v) is 62.8. The molecule has 1 unspecified atom stereocenters. The Balaban J connectivity index is 0.000000484. The Labute approximate surface area is 560 Å². The van der Waals surface area contributed by atoms with Gasteiger partial charge in [0.25, 0.3) is 0 Å². The first-order valence-electron chi connectivity index (χ1n) is 31.8. The summed E-state index contributed by atoms with van der Waals surface area (Å²) in [4.78, 5) is 31.2. The number of thiazole rings is 3. The fraction of sp³-hybridized carbons (Fsp3) is 0.507. The highest BCUT2D eigenvalue weighted by molar-refractivity contribution is 7.10. The standard InChI is InChI=1S/C8H12.4C7H11N.3C7H10S.3C6H9NS/c1-7(2)8-5-3-4-6-8;3*1-6(2)7-3-4-8-5-7;1-6(2)7-4-3-5-8-7;2*1-6(2)7-3-4-8-5-7;1-6(2)7-4-3-5-8-7;1-5(2)6-3-8-4-7-6;1-5(2)6-3-7-4-8-6;1-5(2)6-7-3-4-8-6/h3,5-7H,4H2,1-2H3;2*4-6H,3H2,1-2H3;3-7H,1-2H3;3,5-6H,4H2,1-2H3;3*3-6H,1-2H3;3*3-5H,1-2H3. The summed E-state index contributed by atoms with van der Waals surface area (Å²) in [6.07, 6.45) is 32.6. The molecule has 6 aromatic rings. The lowest BCUT2D eigenvalue weighted by Crippen LogP contribution is -2.03. The van der Waals surface area contributed by atoms with Crippen molar-refractivity contribution in [3.63, 3.8) is 0 Å². The van der Waals surface area contributed by atoms with Crippen molar-refractivity contribution in [2.45, 2.75) is 214 Å². The minimum absolute atomic E-state index is 0.584. The van der Waals surface area contributed by atoms with Crippen molar-refractivity contribution in [1.82, 2.24) is 15.0 Å². The lowest BCUT2D eigenvalue weighted by Gasteiger charge is -2.05. The Morgan fingerprint density at radius 1 is 0.477 bits per heavy atom. The number of aliphatic imine (C=N–C) groups is 4. The van der Waals surface area contributed by atoms with Gasteiger partial charge in [0.2, 0.25) is 0 Å². The van der Waals surface area contributed by atoms with E-state index in [2.05, 4.69) is 274 Å². The number of aromatic nitrogens is 3. The molecule has 0 N–H and O–H groups in total. The lowest BCUT2D eigenvalue weighted by atomic mass is 9.99. The van der Waals surface area contributed by atoms with Crippen molar-refractivity contribution in [2.24, 2.45) is 55.5 Å². The highest BCUT2D eigenvalue weighted by Crippen LogP contribution is 2.22. The Bertz CT molecular complexity index is 2490. The van der Waals surface area contributed by atoms with Crippen LogP contribution >= 0.6 is 68.0 Å². The molecule has 0 fully saturated rings. The summed E-state index contributed by atoms with van der Waals surface area (Å²) in [5, 5.41) is 16.1. The first-order chi connectivity index (χ1) is 41.8. The molecular weight excluding hydrogens is 1190 g/mol. The lowest BCUT2D eigenvalue weighted by molar-refractivity contribution is 0.590. The topological polar surface area (TPSA) is 88.1 Å². The van der Waals surface area contributed by atoms with E-state index in [4.69, 9.17) is 0 Å². The number of allylic oxidation sites excluding steroid dienone is 8. The molecule has 6 aromatic heterocycles. The van der Waals surface area contributed by atoms with Crippen LogP contribution in [0.3, 0.4) is 0 Å². The average Bonchev–Trinajstić information content (AvgIpc) is 4.34. The molecule has 11 rings (SSSR count). The Morgan fingerprint density at radius 3 is 1.28 bits per heavy atom. The Morgan fingerprint density at radius 2 is 1.08 bits per heavy atom. The van der Waals surface area contributed by atoms with Crippen LogP contribution in [-0.2, 0) is 0 Å². The second kappa shape index (κ2) is 48.9. The van der Waals surface area contributed by atoms with Crippen LogP contribution in [-0.4, -0.2) is 39.3 Å². The molecule has 0 radical (unpaired) electrons. The molecule has 484 valence electrons. The summed E-state index contributed by atoms with van der Waals surface area (Å²) >= 11 is 10.5. The van der Waals surface area contributed by atoms with Crippen molar-refractivity contribution in [3.05, 3.63) is 189 Å². The predicted molar refractivity (Wildman–Crippen MR) is 405 cm³/mol. The van der Waals surface area contributed by atoms with Crippen LogP contribution in [0.4, 0.5) is 0 Å². The molecular formula is C75H113N7S6. The minimum Gasteiger partial charge on any atom is -0.269 e. The van der Waals surface area contributed by atoms with Gasteiger partial charge in [0.15, 0.2) is 0 Å². The molecule has 13 heteroatoms. The van der Waals surface area contributed by atoms with Gasteiger partial charge in [-0.3, -0.25) is 25.0 Å². The van der Waals surface area contributed by atoms with Gasteiger partial charge in [-0.2, -0.15) is 22.7 Å². The van der Waals surface area contributed by atoms with Gasteiger partial charge >= 0.3 is 0 Å². The first kappa shape index (κ1) is 81.1. The maximum Gasteiger partial charge on any atom is 0.0950 e. The summed E-state index contributed by atoms with van der Waals surface area (Å²) in [5.41, 5.74) is 13.6. The zero-order chi connectivity index (χ0) is 65.8. The highest BCUT2D eigenvalue weighted by Gasteiger charge is 2.09. The zero-order valence-electron chi connectivity index (χ0n) is 57.9. The van der Waals surface area contributed by atoms with E-state index < -0.39 is 0 Å². The first-order valence-corrected chi connectivity index (χ1v) is 37.2. The third-order valence-electron chi connectivity index (χ3n) is 13.6. The molecule has 10 heterocycles. The van der Waals surface area contributed by atoms with Gasteiger partial charge in [0, 0.05) is 113 Å². The molecule has 1 atom stereocenters. The second-order valence-corrected chi connectivity index (χ2v) is 30.0. The quantitative estimate of drug-likeness (QED) is 0.129. The van der Waals surface area contributed by atoms with Crippen molar-refractivity contribution < 1.29 is 0 Å². The molecule has 4 aliphatic heterocycles. The molecule has 7 nitrogen and oxygen atoms in total. The molecule has 88 heavy (non-hydrogen) atoms. The number of rotatable bonds is 11. The third kappa shape index (κ3) is 38.6. The van der Waals surface area contributed by atoms with E-state index in [1.54, 1.807) is 56.7 Å². The molecule has 0 amide bonds. The van der Waals surface area contributed by atoms with Crippen molar-refractivity contribution in [3.8, 4) is 0 Å². The maximum absolute atomic E-state index is 4.17. The minimum atomic E-state index is 0.584. The molecule has 0 aromatic carbocycles.